The van der Waals surface area contributed by atoms with E-state index in [9.17, 15) is 17.6 Å². The standard InChI is InChI=1S/C24H24F4N10O/c1-3-4-19-31-22-16-14-30-37(21(16)32-23(29)38(22)33-19)12-9-35-7-10-36(11-8-35)18-6-5-15(13-17(18)25)20(34-39-2)24(26,27)28/h5-6,13-14H,7-12H2,1-2H3,(H2,29,32). The third-order valence-corrected chi connectivity index (χ3v) is 6.35. The molecule has 15 heteroatoms. The first-order chi connectivity index (χ1) is 18.7. The summed E-state index contributed by atoms with van der Waals surface area (Å²) in [7, 11) is 1.01. The molecule has 0 atom stereocenters. The Morgan fingerprint density at radius 1 is 1.13 bits per heavy atom. The molecular weight excluding hydrogens is 520 g/mol. The number of benzene rings is 1. The monoisotopic (exact) mass is 544 g/mol. The number of hydrogen-bond donors (Lipinski definition) is 1. The molecule has 1 aliphatic heterocycles. The van der Waals surface area contributed by atoms with Crippen LogP contribution in [0.1, 0.15) is 18.3 Å². The molecule has 11 nitrogen and oxygen atoms in total. The number of hydrogen-bond acceptors (Lipinski definition) is 9. The van der Waals surface area contributed by atoms with Gasteiger partial charge in [0.1, 0.15) is 12.9 Å². The zero-order valence-corrected chi connectivity index (χ0v) is 21.1. The fourth-order valence-electron chi connectivity index (χ4n) is 4.50. The number of nitrogens with zero attached hydrogens (tertiary/aromatic N) is 9. The third kappa shape index (κ3) is 5.15. The lowest BCUT2D eigenvalue weighted by Crippen LogP contribution is -2.47. The zero-order chi connectivity index (χ0) is 27.7. The predicted molar refractivity (Wildman–Crippen MR) is 136 cm³/mol. The van der Waals surface area contributed by atoms with Crippen molar-refractivity contribution < 1.29 is 22.4 Å². The highest BCUT2D eigenvalue weighted by Gasteiger charge is 2.38. The van der Waals surface area contributed by atoms with E-state index in [2.05, 4.69) is 46.9 Å². The van der Waals surface area contributed by atoms with Gasteiger partial charge in [-0.2, -0.15) is 32.8 Å². The van der Waals surface area contributed by atoms with Gasteiger partial charge in [0.2, 0.25) is 11.8 Å². The highest BCUT2D eigenvalue weighted by Crippen LogP contribution is 2.27. The maximum absolute atomic E-state index is 14.8. The van der Waals surface area contributed by atoms with Gasteiger partial charge in [-0.25, -0.2) is 9.07 Å². The molecule has 0 spiro atoms. The van der Waals surface area contributed by atoms with Crippen LogP contribution in [-0.2, 0) is 11.4 Å². The Labute approximate surface area is 219 Å². The molecule has 0 bridgehead atoms. The number of oxime groups is 1. The summed E-state index contributed by atoms with van der Waals surface area (Å²) in [6.45, 7) is 5.14. The molecule has 204 valence electrons. The van der Waals surface area contributed by atoms with Crippen LogP contribution in [0, 0.1) is 17.7 Å². The Hall–Kier alpha value is -4.45. The van der Waals surface area contributed by atoms with Crippen molar-refractivity contribution in [2.24, 2.45) is 5.16 Å². The van der Waals surface area contributed by atoms with Gasteiger partial charge < -0.3 is 15.5 Å². The van der Waals surface area contributed by atoms with E-state index in [0.717, 1.165) is 13.2 Å². The van der Waals surface area contributed by atoms with Gasteiger partial charge in [-0.05, 0) is 25.0 Å². The molecule has 39 heavy (non-hydrogen) atoms. The molecule has 3 aromatic heterocycles. The minimum absolute atomic E-state index is 0.174. The van der Waals surface area contributed by atoms with Crippen molar-refractivity contribution in [2.45, 2.75) is 19.6 Å². The van der Waals surface area contributed by atoms with Crippen LogP contribution in [0.4, 0.5) is 29.2 Å². The van der Waals surface area contributed by atoms with E-state index >= 15 is 0 Å². The van der Waals surface area contributed by atoms with E-state index in [1.807, 2.05) is 0 Å². The molecule has 1 aliphatic rings. The minimum Gasteiger partial charge on any atom is -0.399 e. The van der Waals surface area contributed by atoms with Crippen LogP contribution in [-0.4, -0.2) is 86.0 Å². The number of halogens is 4. The lowest BCUT2D eigenvalue weighted by Gasteiger charge is -2.36. The van der Waals surface area contributed by atoms with E-state index in [1.165, 1.54) is 16.6 Å². The van der Waals surface area contributed by atoms with E-state index in [0.29, 0.717) is 61.8 Å². The SMILES string of the molecule is CC#Cc1nc2c3cnn(CCN4CCN(c5ccc(C(=NOC)C(F)(F)F)cc5F)CC4)c3nc(N)n2n1. The third-order valence-electron chi connectivity index (χ3n) is 6.35. The number of piperazine rings is 1. The average Bonchev–Trinajstić information content (AvgIpc) is 3.50. The molecule has 0 saturated carbocycles. The van der Waals surface area contributed by atoms with Crippen molar-refractivity contribution in [2.75, 3.05) is 50.5 Å². The van der Waals surface area contributed by atoms with Crippen LogP contribution in [0.5, 0.6) is 0 Å². The summed E-state index contributed by atoms with van der Waals surface area (Å²) >= 11 is 0. The van der Waals surface area contributed by atoms with Crippen LogP contribution in [0.3, 0.4) is 0 Å². The largest absolute Gasteiger partial charge is 0.437 e. The average molecular weight is 545 g/mol. The molecule has 4 aromatic rings. The molecule has 0 unspecified atom stereocenters. The highest BCUT2D eigenvalue weighted by atomic mass is 19.4. The Morgan fingerprint density at radius 3 is 2.56 bits per heavy atom. The Bertz CT molecular complexity index is 1610. The van der Waals surface area contributed by atoms with Gasteiger partial charge in [0.05, 0.1) is 23.8 Å². The van der Waals surface area contributed by atoms with E-state index in [-0.39, 0.29) is 11.6 Å². The first-order valence-electron chi connectivity index (χ1n) is 12.0. The second kappa shape index (κ2) is 10.4. The van der Waals surface area contributed by atoms with E-state index in [4.69, 9.17) is 5.73 Å². The van der Waals surface area contributed by atoms with Gasteiger partial charge >= 0.3 is 6.18 Å². The van der Waals surface area contributed by atoms with Crippen LogP contribution in [0.25, 0.3) is 16.7 Å². The topological polar surface area (TPSA) is 115 Å². The smallest absolute Gasteiger partial charge is 0.399 e. The zero-order valence-electron chi connectivity index (χ0n) is 21.1. The molecule has 1 saturated heterocycles. The van der Waals surface area contributed by atoms with E-state index in [1.54, 1.807) is 22.7 Å². The van der Waals surface area contributed by atoms with Gasteiger partial charge in [0, 0.05) is 38.3 Å². The molecule has 1 aromatic carbocycles. The first-order valence-corrected chi connectivity index (χ1v) is 12.0. The summed E-state index contributed by atoms with van der Waals surface area (Å²) in [6, 6.07) is 3.37. The van der Waals surface area contributed by atoms with Crippen molar-refractivity contribution in [3.8, 4) is 11.8 Å². The van der Waals surface area contributed by atoms with Gasteiger partial charge in [-0.15, -0.1) is 5.10 Å². The Kier molecular flexibility index (Phi) is 6.96. The second-order valence-electron chi connectivity index (χ2n) is 8.74. The summed E-state index contributed by atoms with van der Waals surface area (Å²) in [5.41, 5.74) is 5.74. The van der Waals surface area contributed by atoms with Crippen LogP contribution in [0.15, 0.2) is 29.6 Å². The quantitative estimate of drug-likeness (QED) is 0.170. The van der Waals surface area contributed by atoms with Gasteiger partial charge in [0.15, 0.2) is 17.0 Å². The molecule has 5 rings (SSSR count). The summed E-state index contributed by atoms with van der Waals surface area (Å²) in [4.78, 5) is 17.2. The fourth-order valence-corrected chi connectivity index (χ4v) is 4.50. The van der Waals surface area contributed by atoms with Crippen LogP contribution in [0.2, 0.25) is 0 Å². The molecule has 0 amide bonds. The Balaban J connectivity index is 1.24. The maximum Gasteiger partial charge on any atom is 0.437 e. The molecule has 0 radical (unpaired) electrons. The molecule has 1 fully saturated rings. The van der Waals surface area contributed by atoms with Crippen LogP contribution < -0.4 is 10.6 Å². The van der Waals surface area contributed by atoms with Crippen molar-refractivity contribution in [1.29, 1.82) is 0 Å². The number of alkyl halides is 3. The van der Waals surface area contributed by atoms with Crippen molar-refractivity contribution in [3.63, 3.8) is 0 Å². The number of nitrogens with two attached hydrogens (primary N) is 1. The first kappa shape index (κ1) is 26.2. The lowest BCUT2D eigenvalue weighted by atomic mass is 10.1. The summed E-state index contributed by atoms with van der Waals surface area (Å²) in [5.74, 6) is 5.33. The molecule has 4 heterocycles. The van der Waals surface area contributed by atoms with E-state index < -0.39 is 23.3 Å². The van der Waals surface area contributed by atoms with Crippen LogP contribution >= 0.6 is 0 Å². The van der Waals surface area contributed by atoms with Gasteiger partial charge in [-0.3, -0.25) is 4.90 Å². The van der Waals surface area contributed by atoms with Crippen molar-refractivity contribution in [3.05, 3.63) is 41.6 Å². The predicted octanol–water partition coefficient (Wildman–Crippen LogP) is 2.30. The van der Waals surface area contributed by atoms with Gasteiger partial charge in [0.25, 0.3) is 0 Å². The number of fused-ring (bicyclic) bond motifs is 3. The lowest BCUT2D eigenvalue weighted by molar-refractivity contribution is -0.0608. The number of aromatic nitrogens is 6. The highest BCUT2D eigenvalue weighted by molar-refractivity contribution is 6.04. The second-order valence-corrected chi connectivity index (χ2v) is 8.74. The molecule has 2 N–H and O–H groups in total. The molecule has 0 aliphatic carbocycles. The van der Waals surface area contributed by atoms with Crippen molar-refractivity contribution in [1.82, 2.24) is 34.3 Å². The van der Waals surface area contributed by atoms with Crippen molar-refractivity contribution >= 4 is 34.0 Å². The normalized spacial score (nSPS) is 15.1. The number of anilines is 2. The Morgan fingerprint density at radius 2 is 1.90 bits per heavy atom. The maximum atomic E-state index is 14.8. The van der Waals surface area contributed by atoms with Gasteiger partial charge in [-0.1, -0.05) is 17.1 Å². The summed E-state index contributed by atoms with van der Waals surface area (Å²) in [6.07, 6.45) is -3.11. The number of rotatable bonds is 6. The fraction of sp³-hybridized carbons (Fsp3) is 0.375. The summed E-state index contributed by atoms with van der Waals surface area (Å²) < 4.78 is 57.7. The summed E-state index contributed by atoms with van der Waals surface area (Å²) in [5, 5.41) is 12.4. The number of nitrogen functional groups attached to an aromatic ring is 1. The molecular formula is C24H24F4N10O. The minimum atomic E-state index is -4.77.